The maximum absolute atomic E-state index is 11.4. The Bertz CT molecular complexity index is 348. The molecule has 6 nitrogen and oxygen atoms in total. The van der Waals surface area contributed by atoms with Gasteiger partial charge in [0.1, 0.15) is 6.04 Å². The fourth-order valence-corrected chi connectivity index (χ4v) is 2.97. The first-order chi connectivity index (χ1) is 8.56. The minimum Gasteiger partial charge on any atom is -0.480 e. The van der Waals surface area contributed by atoms with Gasteiger partial charge in [-0.25, -0.2) is 9.59 Å². The van der Waals surface area contributed by atoms with Gasteiger partial charge in [-0.05, 0) is 46.5 Å². The van der Waals surface area contributed by atoms with Crippen LogP contribution in [0.2, 0.25) is 0 Å². The Kier molecular flexibility index (Phi) is 4.45. The number of methoxy groups -OCH3 is 1. The topological polar surface area (TPSA) is 84.9 Å². The average Bonchev–Trinajstić information content (AvgIpc) is 2.20. The molecule has 19 heavy (non-hydrogen) atoms. The SMILES string of the molecule is COC(=O)N[C@H](C(=O)O)C1CC(C)(C)OC(C)(C)C1. The molecule has 1 aliphatic rings. The number of carboxylic acids is 1. The molecule has 1 atom stereocenters. The highest BCUT2D eigenvalue weighted by Gasteiger charge is 2.44. The number of carbonyl (C=O) groups excluding carboxylic acids is 1. The van der Waals surface area contributed by atoms with Gasteiger partial charge in [0, 0.05) is 0 Å². The van der Waals surface area contributed by atoms with Gasteiger partial charge < -0.3 is 19.9 Å². The number of amides is 1. The number of carboxylic acid groups (broad SMARTS) is 1. The Balaban J connectivity index is 2.89. The summed E-state index contributed by atoms with van der Waals surface area (Å²) in [5.74, 6) is -1.25. The summed E-state index contributed by atoms with van der Waals surface area (Å²) < 4.78 is 10.4. The number of hydrogen-bond donors (Lipinski definition) is 2. The van der Waals surface area contributed by atoms with Crippen molar-refractivity contribution in [3.8, 4) is 0 Å². The van der Waals surface area contributed by atoms with Crippen molar-refractivity contribution in [1.29, 1.82) is 0 Å². The quantitative estimate of drug-likeness (QED) is 0.818. The molecule has 1 saturated heterocycles. The molecule has 0 aromatic rings. The molecular weight excluding hydrogens is 250 g/mol. The van der Waals surface area contributed by atoms with Gasteiger partial charge in [0.25, 0.3) is 0 Å². The summed E-state index contributed by atoms with van der Waals surface area (Å²) in [4.78, 5) is 22.6. The maximum atomic E-state index is 11.4. The van der Waals surface area contributed by atoms with E-state index in [-0.39, 0.29) is 5.92 Å². The van der Waals surface area contributed by atoms with E-state index in [0.717, 1.165) is 0 Å². The van der Waals surface area contributed by atoms with Gasteiger partial charge in [0.15, 0.2) is 0 Å². The van der Waals surface area contributed by atoms with Crippen molar-refractivity contribution in [2.24, 2.45) is 5.92 Å². The van der Waals surface area contributed by atoms with Gasteiger partial charge in [-0.15, -0.1) is 0 Å². The van der Waals surface area contributed by atoms with E-state index < -0.39 is 29.3 Å². The third-order valence-electron chi connectivity index (χ3n) is 3.26. The molecule has 1 rings (SSSR count). The van der Waals surface area contributed by atoms with E-state index in [1.54, 1.807) is 0 Å². The molecule has 0 aliphatic carbocycles. The minimum absolute atomic E-state index is 0.199. The molecule has 0 aromatic carbocycles. The molecule has 0 radical (unpaired) electrons. The molecule has 0 unspecified atom stereocenters. The monoisotopic (exact) mass is 273 g/mol. The van der Waals surface area contributed by atoms with Crippen molar-refractivity contribution in [3.05, 3.63) is 0 Å². The standard InChI is InChI=1S/C13H23NO5/c1-12(2)6-8(7-13(3,4)19-12)9(10(15)16)14-11(17)18-5/h8-9H,6-7H2,1-5H3,(H,14,17)(H,15,16)/t9-/m0/s1. The third-order valence-corrected chi connectivity index (χ3v) is 3.26. The van der Waals surface area contributed by atoms with Crippen LogP contribution in [0, 0.1) is 5.92 Å². The van der Waals surface area contributed by atoms with Crippen LogP contribution < -0.4 is 5.32 Å². The Morgan fingerprint density at radius 2 is 1.74 bits per heavy atom. The Hall–Kier alpha value is -1.30. The van der Waals surface area contributed by atoms with Gasteiger partial charge in [0.2, 0.25) is 0 Å². The van der Waals surface area contributed by atoms with Crippen LogP contribution in [0.4, 0.5) is 4.79 Å². The predicted octanol–water partition coefficient (Wildman–Crippen LogP) is 1.78. The van der Waals surface area contributed by atoms with Crippen LogP contribution in [-0.2, 0) is 14.3 Å². The molecule has 6 heteroatoms. The normalized spacial score (nSPS) is 23.4. The molecule has 0 aromatic heterocycles. The van der Waals surface area contributed by atoms with Crippen LogP contribution >= 0.6 is 0 Å². The molecule has 110 valence electrons. The highest BCUT2D eigenvalue weighted by molar-refractivity contribution is 5.80. The lowest BCUT2D eigenvalue weighted by Crippen LogP contribution is -2.54. The van der Waals surface area contributed by atoms with Crippen molar-refractivity contribution >= 4 is 12.1 Å². The maximum Gasteiger partial charge on any atom is 0.407 e. The lowest BCUT2D eigenvalue weighted by molar-refractivity contribution is -0.179. The second-order valence-corrected chi connectivity index (χ2v) is 6.24. The van der Waals surface area contributed by atoms with Crippen LogP contribution in [0.15, 0.2) is 0 Å². The molecule has 1 aliphatic heterocycles. The number of aliphatic carboxylic acids is 1. The van der Waals surface area contributed by atoms with Crippen molar-refractivity contribution in [3.63, 3.8) is 0 Å². The summed E-state index contributed by atoms with van der Waals surface area (Å²) >= 11 is 0. The van der Waals surface area contributed by atoms with E-state index in [2.05, 4.69) is 10.1 Å². The van der Waals surface area contributed by atoms with Gasteiger partial charge in [0.05, 0.1) is 18.3 Å². The van der Waals surface area contributed by atoms with Crippen LogP contribution in [0.3, 0.4) is 0 Å². The van der Waals surface area contributed by atoms with Crippen molar-refractivity contribution < 1.29 is 24.2 Å². The van der Waals surface area contributed by atoms with Gasteiger partial charge in [-0.3, -0.25) is 0 Å². The molecular formula is C13H23NO5. The Morgan fingerprint density at radius 3 is 2.11 bits per heavy atom. The second kappa shape index (κ2) is 5.36. The summed E-state index contributed by atoms with van der Waals surface area (Å²) in [6.45, 7) is 7.71. The van der Waals surface area contributed by atoms with Crippen LogP contribution in [0.1, 0.15) is 40.5 Å². The fraction of sp³-hybridized carbons (Fsp3) is 0.846. The second-order valence-electron chi connectivity index (χ2n) is 6.24. The van der Waals surface area contributed by atoms with E-state index in [0.29, 0.717) is 12.8 Å². The Morgan fingerprint density at radius 1 is 1.26 bits per heavy atom. The summed E-state index contributed by atoms with van der Waals surface area (Å²) in [6, 6.07) is -0.963. The van der Waals surface area contributed by atoms with Crippen molar-refractivity contribution in [1.82, 2.24) is 5.32 Å². The number of rotatable bonds is 3. The van der Waals surface area contributed by atoms with Crippen LogP contribution in [0.5, 0.6) is 0 Å². The van der Waals surface area contributed by atoms with E-state index in [1.165, 1.54) is 7.11 Å². The zero-order valence-corrected chi connectivity index (χ0v) is 12.1. The third kappa shape index (κ3) is 4.38. The highest BCUT2D eigenvalue weighted by Crippen LogP contribution is 2.39. The van der Waals surface area contributed by atoms with E-state index >= 15 is 0 Å². The van der Waals surface area contributed by atoms with E-state index in [1.807, 2.05) is 27.7 Å². The van der Waals surface area contributed by atoms with Gasteiger partial charge in [-0.1, -0.05) is 0 Å². The number of nitrogens with one attached hydrogen (secondary N) is 1. The first kappa shape index (κ1) is 15.8. The van der Waals surface area contributed by atoms with Crippen molar-refractivity contribution in [2.75, 3.05) is 7.11 Å². The van der Waals surface area contributed by atoms with Crippen LogP contribution in [-0.4, -0.2) is 41.5 Å². The predicted molar refractivity (Wildman–Crippen MR) is 68.9 cm³/mol. The molecule has 2 N–H and O–H groups in total. The molecule has 1 amide bonds. The first-order valence-electron chi connectivity index (χ1n) is 6.34. The van der Waals surface area contributed by atoms with Gasteiger partial charge in [-0.2, -0.15) is 0 Å². The summed E-state index contributed by atoms with van der Waals surface area (Å²) in [6.07, 6.45) is 0.406. The zero-order chi connectivity index (χ0) is 14.8. The zero-order valence-electron chi connectivity index (χ0n) is 12.1. The number of ether oxygens (including phenoxy) is 2. The van der Waals surface area contributed by atoms with Crippen molar-refractivity contribution in [2.45, 2.75) is 57.8 Å². The number of carbonyl (C=O) groups is 2. The molecule has 0 spiro atoms. The molecule has 1 fully saturated rings. The lowest BCUT2D eigenvalue weighted by Gasteiger charge is -2.46. The Labute approximate surface area is 113 Å². The van der Waals surface area contributed by atoms with E-state index in [4.69, 9.17) is 4.74 Å². The summed E-state index contributed by atoms with van der Waals surface area (Å²) in [5, 5.41) is 11.7. The average molecular weight is 273 g/mol. The summed E-state index contributed by atoms with van der Waals surface area (Å²) in [7, 11) is 1.21. The van der Waals surface area contributed by atoms with E-state index in [9.17, 15) is 14.7 Å². The largest absolute Gasteiger partial charge is 0.480 e. The fourth-order valence-electron chi connectivity index (χ4n) is 2.97. The summed E-state index contributed by atoms with van der Waals surface area (Å²) in [5.41, 5.74) is -0.837. The lowest BCUT2D eigenvalue weighted by atomic mass is 9.77. The van der Waals surface area contributed by atoms with Crippen LogP contribution in [0.25, 0.3) is 0 Å². The molecule has 1 heterocycles. The minimum atomic E-state index is -1.05. The smallest absolute Gasteiger partial charge is 0.407 e. The van der Waals surface area contributed by atoms with Gasteiger partial charge >= 0.3 is 12.1 Å². The highest BCUT2D eigenvalue weighted by atomic mass is 16.5. The number of alkyl carbamates (subject to hydrolysis) is 1. The molecule has 0 bridgehead atoms. The first-order valence-corrected chi connectivity index (χ1v) is 6.34. The molecule has 0 saturated carbocycles. The number of hydrogen-bond acceptors (Lipinski definition) is 4.